The lowest BCUT2D eigenvalue weighted by Crippen LogP contribution is -2.47. The van der Waals surface area contributed by atoms with Crippen LogP contribution in [-0.2, 0) is 14.3 Å². The Morgan fingerprint density at radius 2 is 1.52 bits per heavy atom. The molecule has 1 atom stereocenters. The van der Waals surface area contributed by atoms with E-state index in [1.54, 1.807) is 65.8 Å². The van der Waals surface area contributed by atoms with E-state index >= 15 is 0 Å². The summed E-state index contributed by atoms with van der Waals surface area (Å²) < 4.78 is 15.7. The van der Waals surface area contributed by atoms with E-state index in [-0.39, 0.29) is 12.2 Å². The Labute approximate surface area is 160 Å². The van der Waals surface area contributed by atoms with Gasteiger partial charge >= 0.3 is 12.1 Å². The number of nitrogens with one attached hydrogen (secondary N) is 1. The highest BCUT2D eigenvalue weighted by molar-refractivity contribution is 6.01. The first-order valence-electron chi connectivity index (χ1n) is 8.71. The van der Waals surface area contributed by atoms with Crippen LogP contribution in [0.15, 0.2) is 24.3 Å². The standard InChI is InChI=1S/C20H29NO6/c1-19(2,3)26-17(23)14(21-18(24)27-20(4,5)6)12-15(22)13-10-8-9-11-16(13)25-7/h8-11,14H,12H2,1-7H3,(H,21,24)/t14-/m0/s1. The molecule has 7 nitrogen and oxygen atoms in total. The molecule has 1 amide bonds. The summed E-state index contributed by atoms with van der Waals surface area (Å²) in [6.07, 6.45) is -1.08. The van der Waals surface area contributed by atoms with Crippen LogP contribution in [0.4, 0.5) is 4.79 Å². The number of hydrogen-bond donors (Lipinski definition) is 1. The monoisotopic (exact) mass is 379 g/mol. The number of ether oxygens (including phenoxy) is 3. The number of benzene rings is 1. The molecule has 0 radical (unpaired) electrons. The van der Waals surface area contributed by atoms with Crippen molar-refractivity contribution in [3.63, 3.8) is 0 Å². The van der Waals surface area contributed by atoms with Crippen LogP contribution in [0.2, 0.25) is 0 Å². The molecule has 0 aromatic heterocycles. The third-order valence-electron chi connectivity index (χ3n) is 3.18. The molecular formula is C20H29NO6. The van der Waals surface area contributed by atoms with E-state index in [1.807, 2.05) is 0 Å². The largest absolute Gasteiger partial charge is 0.496 e. The van der Waals surface area contributed by atoms with E-state index in [9.17, 15) is 14.4 Å². The minimum Gasteiger partial charge on any atom is -0.496 e. The van der Waals surface area contributed by atoms with Gasteiger partial charge in [0.1, 0.15) is 23.0 Å². The normalized spacial score (nSPS) is 12.7. The van der Waals surface area contributed by atoms with Crippen molar-refractivity contribution >= 4 is 17.8 Å². The first-order chi connectivity index (χ1) is 12.3. The SMILES string of the molecule is COc1ccccc1C(=O)C[C@H](NC(=O)OC(C)(C)C)C(=O)OC(C)(C)C. The van der Waals surface area contributed by atoms with E-state index < -0.39 is 29.3 Å². The number of hydrogen-bond acceptors (Lipinski definition) is 6. The number of para-hydroxylation sites is 1. The van der Waals surface area contributed by atoms with Gasteiger partial charge in [-0.15, -0.1) is 0 Å². The molecule has 7 heteroatoms. The molecule has 0 unspecified atom stereocenters. The highest BCUT2D eigenvalue weighted by Crippen LogP contribution is 2.20. The number of alkyl carbamates (subject to hydrolysis) is 1. The summed E-state index contributed by atoms with van der Waals surface area (Å²) in [5.41, 5.74) is -1.19. The molecule has 0 aliphatic carbocycles. The van der Waals surface area contributed by atoms with E-state index in [4.69, 9.17) is 14.2 Å². The number of carbonyl (C=O) groups excluding carboxylic acids is 3. The van der Waals surface area contributed by atoms with Gasteiger partial charge in [-0.2, -0.15) is 0 Å². The zero-order valence-corrected chi connectivity index (χ0v) is 17.0. The van der Waals surface area contributed by atoms with Crippen molar-refractivity contribution < 1.29 is 28.6 Å². The Hall–Kier alpha value is -2.57. The lowest BCUT2D eigenvalue weighted by atomic mass is 10.0. The smallest absolute Gasteiger partial charge is 0.408 e. The Kier molecular flexibility index (Phi) is 7.39. The minimum atomic E-state index is -1.18. The van der Waals surface area contributed by atoms with Gasteiger partial charge in [0.05, 0.1) is 12.7 Å². The fourth-order valence-corrected chi connectivity index (χ4v) is 2.19. The number of methoxy groups -OCH3 is 1. The average molecular weight is 379 g/mol. The average Bonchev–Trinajstić information content (AvgIpc) is 2.50. The second kappa shape index (κ2) is 8.88. The summed E-state index contributed by atoms with van der Waals surface area (Å²) in [5.74, 6) is -0.682. The maximum Gasteiger partial charge on any atom is 0.408 e. The number of rotatable bonds is 6. The summed E-state index contributed by atoms with van der Waals surface area (Å²) in [5, 5.41) is 2.44. The predicted octanol–water partition coefficient (Wildman–Crippen LogP) is 3.50. The molecule has 0 bridgehead atoms. The highest BCUT2D eigenvalue weighted by Gasteiger charge is 2.31. The summed E-state index contributed by atoms with van der Waals surface area (Å²) >= 11 is 0. The van der Waals surface area contributed by atoms with Crippen molar-refractivity contribution in [3.05, 3.63) is 29.8 Å². The first kappa shape index (κ1) is 22.5. The van der Waals surface area contributed by atoms with Crippen LogP contribution in [0.5, 0.6) is 5.75 Å². The van der Waals surface area contributed by atoms with Crippen LogP contribution in [-0.4, -0.2) is 42.2 Å². The van der Waals surface area contributed by atoms with Gasteiger partial charge in [0.25, 0.3) is 0 Å². The maximum atomic E-state index is 12.7. The molecule has 0 fully saturated rings. The van der Waals surface area contributed by atoms with Crippen LogP contribution in [0.1, 0.15) is 58.3 Å². The number of ketones is 1. The number of amides is 1. The Morgan fingerprint density at radius 3 is 2.04 bits per heavy atom. The Balaban J connectivity index is 3.01. The molecule has 27 heavy (non-hydrogen) atoms. The number of esters is 1. The van der Waals surface area contributed by atoms with E-state index in [0.717, 1.165) is 0 Å². The maximum absolute atomic E-state index is 12.7. The molecule has 1 aromatic rings. The minimum absolute atomic E-state index is 0.283. The molecule has 1 N–H and O–H groups in total. The van der Waals surface area contributed by atoms with Crippen LogP contribution in [0.3, 0.4) is 0 Å². The van der Waals surface area contributed by atoms with Gasteiger partial charge in [-0.3, -0.25) is 4.79 Å². The third kappa shape index (κ3) is 8.11. The van der Waals surface area contributed by atoms with Crippen molar-refractivity contribution in [1.82, 2.24) is 5.32 Å². The quantitative estimate of drug-likeness (QED) is 0.601. The number of carbonyl (C=O) groups is 3. The van der Waals surface area contributed by atoms with Crippen LogP contribution in [0, 0.1) is 0 Å². The Bertz CT molecular complexity index is 684. The first-order valence-corrected chi connectivity index (χ1v) is 8.71. The zero-order chi connectivity index (χ0) is 20.8. The third-order valence-corrected chi connectivity index (χ3v) is 3.18. The summed E-state index contributed by atoms with van der Waals surface area (Å²) in [4.78, 5) is 37.3. The molecule has 0 aliphatic rings. The van der Waals surface area contributed by atoms with E-state index in [1.165, 1.54) is 7.11 Å². The highest BCUT2D eigenvalue weighted by atomic mass is 16.6. The van der Waals surface area contributed by atoms with Crippen molar-refractivity contribution in [2.45, 2.75) is 65.2 Å². The molecule has 0 saturated carbocycles. The molecule has 0 heterocycles. The summed E-state index contributed by atoms with van der Waals surface area (Å²) in [7, 11) is 1.45. The van der Waals surface area contributed by atoms with Gasteiger partial charge in [0.2, 0.25) is 0 Å². The van der Waals surface area contributed by atoms with Crippen LogP contribution < -0.4 is 10.1 Å². The molecular weight excluding hydrogens is 350 g/mol. The van der Waals surface area contributed by atoms with Crippen molar-refractivity contribution in [3.8, 4) is 5.75 Å². The van der Waals surface area contributed by atoms with Crippen molar-refractivity contribution in [1.29, 1.82) is 0 Å². The van der Waals surface area contributed by atoms with Gasteiger partial charge in [-0.05, 0) is 53.7 Å². The second-order valence-corrected chi connectivity index (χ2v) is 8.06. The van der Waals surface area contributed by atoms with Gasteiger partial charge in [-0.1, -0.05) is 12.1 Å². The molecule has 0 saturated heterocycles. The Morgan fingerprint density at radius 1 is 0.963 bits per heavy atom. The van der Waals surface area contributed by atoms with Gasteiger partial charge in [-0.25, -0.2) is 9.59 Å². The van der Waals surface area contributed by atoms with Crippen LogP contribution >= 0.6 is 0 Å². The molecule has 150 valence electrons. The predicted molar refractivity (Wildman–Crippen MR) is 101 cm³/mol. The van der Waals surface area contributed by atoms with Gasteiger partial charge in [0.15, 0.2) is 5.78 Å². The van der Waals surface area contributed by atoms with Crippen molar-refractivity contribution in [2.24, 2.45) is 0 Å². The fraction of sp³-hybridized carbons (Fsp3) is 0.550. The summed E-state index contributed by atoms with van der Waals surface area (Å²) in [6, 6.07) is 5.49. The molecule has 0 spiro atoms. The summed E-state index contributed by atoms with van der Waals surface area (Å²) in [6.45, 7) is 10.2. The van der Waals surface area contributed by atoms with Crippen LogP contribution in [0.25, 0.3) is 0 Å². The lowest BCUT2D eigenvalue weighted by Gasteiger charge is -2.26. The van der Waals surface area contributed by atoms with Gasteiger partial charge < -0.3 is 19.5 Å². The zero-order valence-electron chi connectivity index (χ0n) is 17.0. The topological polar surface area (TPSA) is 90.9 Å². The second-order valence-electron chi connectivity index (χ2n) is 8.06. The fourth-order valence-electron chi connectivity index (χ4n) is 2.19. The lowest BCUT2D eigenvalue weighted by molar-refractivity contribution is -0.157. The van der Waals surface area contributed by atoms with E-state index in [0.29, 0.717) is 11.3 Å². The molecule has 1 aromatic carbocycles. The van der Waals surface area contributed by atoms with Crippen molar-refractivity contribution in [2.75, 3.05) is 7.11 Å². The molecule has 0 aliphatic heterocycles. The van der Waals surface area contributed by atoms with E-state index in [2.05, 4.69) is 5.32 Å². The molecule has 1 rings (SSSR count). The van der Waals surface area contributed by atoms with Gasteiger partial charge in [0, 0.05) is 6.42 Å². The number of Topliss-reactive ketones (excluding diaryl/α,β-unsaturated/α-hetero) is 1.